The normalized spacial score (nSPS) is 10.2. The first kappa shape index (κ1) is 25.1. The Bertz CT molecular complexity index is 1320. The van der Waals surface area contributed by atoms with Gasteiger partial charge in [0.05, 0.1) is 17.6 Å². The van der Waals surface area contributed by atoms with Gasteiger partial charge >= 0.3 is 5.97 Å². The van der Waals surface area contributed by atoms with Gasteiger partial charge in [0.15, 0.2) is 12.4 Å². The van der Waals surface area contributed by atoms with Gasteiger partial charge in [0.2, 0.25) is 0 Å². The summed E-state index contributed by atoms with van der Waals surface area (Å²) in [5.41, 5.74) is -0.591. The Kier molecular flexibility index (Phi) is 7.90. The first-order valence-corrected chi connectivity index (χ1v) is 10.3. The van der Waals surface area contributed by atoms with Gasteiger partial charge < -0.3 is 9.47 Å². The number of esters is 1. The molecule has 0 fully saturated rings. The molecule has 3 aromatic rings. The zero-order valence-electron chi connectivity index (χ0n) is 18.1. The number of hydrogen-bond acceptors (Lipinski definition) is 8. The maximum Gasteiger partial charge on any atom is 0.339 e. The van der Waals surface area contributed by atoms with Crippen molar-refractivity contribution in [3.05, 3.63) is 104 Å². The Balaban J connectivity index is 1.69. The monoisotopic (exact) mass is 496 g/mol. The number of benzene rings is 3. The molecule has 1 N–H and O–H groups in total. The van der Waals surface area contributed by atoms with E-state index in [9.17, 15) is 29.3 Å². The molecule has 0 unspecified atom stereocenters. The quantitative estimate of drug-likeness (QED) is 0.216. The molecule has 10 nitrogen and oxygen atoms in total. The topological polar surface area (TPSA) is 142 Å². The maximum absolute atomic E-state index is 12.9. The summed E-state index contributed by atoms with van der Waals surface area (Å²) in [7, 11) is 1.47. The molecule has 0 atom stereocenters. The summed E-state index contributed by atoms with van der Waals surface area (Å²) in [4.78, 5) is 60.1. The van der Waals surface area contributed by atoms with Crippen molar-refractivity contribution in [2.75, 3.05) is 13.7 Å². The zero-order valence-corrected chi connectivity index (χ0v) is 18.9. The van der Waals surface area contributed by atoms with Crippen LogP contribution >= 0.6 is 11.6 Å². The fourth-order valence-corrected chi connectivity index (χ4v) is 3.18. The molecule has 0 aromatic heterocycles. The standard InChI is InChI=1S/C24H17ClN2O8/c1-34-16-9-6-14(7-10-16)23(30)26-21(28)13-35-24(31)18-5-3-2-4-17(18)22(29)15-8-11-19(25)20(12-15)27(32)33/h2-12H,13H2,1H3,(H,26,28,30). The lowest BCUT2D eigenvalue weighted by Crippen LogP contribution is -2.34. The molecule has 3 aromatic carbocycles. The number of halogens is 1. The minimum absolute atomic E-state index is 0.0656. The fourth-order valence-electron chi connectivity index (χ4n) is 2.99. The van der Waals surface area contributed by atoms with Crippen molar-refractivity contribution in [3.8, 4) is 5.75 Å². The van der Waals surface area contributed by atoms with Gasteiger partial charge in [-0.05, 0) is 42.5 Å². The van der Waals surface area contributed by atoms with Crippen LogP contribution in [0.5, 0.6) is 5.75 Å². The zero-order chi connectivity index (χ0) is 25.5. The highest BCUT2D eigenvalue weighted by Gasteiger charge is 2.23. The van der Waals surface area contributed by atoms with Crippen LogP contribution in [0.25, 0.3) is 0 Å². The fraction of sp³-hybridized carbons (Fsp3) is 0.0833. The first-order valence-electron chi connectivity index (χ1n) is 9.94. The Morgan fingerprint density at radius 3 is 2.20 bits per heavy atom. The molecule has 0 bridgehead atoms. The van der Waals surface area contributed by atoms with Crippen LogP contribution in [0.3, 0.4) is 0 Å². The van der Waals surface area contributed by atoms with E-state index >= 15 is 0 Å². The predicted octanol–water partition coefficient (Wildman–Crippen LogP) is 3.60. The van der Waals surface area contributed by atoms with Crippen LogP contribution in [0.15, 0.2) is 66.7 Å². The van der Waals surface area contributed by atoms with Gasteiger partial charge in [-0.25, -0.2) is 4.79 Å². The number of nitrogens with one attached hydrogen (secondary N) is 1. The third kappa shape index (κ3) is 6.06. The lowest BCUT2D eigenvalue weighted by Gasteiger charge is -2.10. The highest BCUT2D eigenvalue weighted by Crippen LogP contribution is 2.27. The van der Waals surface area contributed by atoms with Crippen LogP contribution in [0.4, 0.5) is 5.69 Å². The highest BCUT2D eigenvalue weighted by atomic mass is 35.5. The van der Waals surface area contributed by atoms with Gasteiger partial charge in [-0.3, -0.25) is 29.8 Å². The number of nitrogens with zero attached hydrogens (tertiary/aromatic N) is 1. The van der Waals surface area contributed by atoms with E-state index in [0.29, 0.717) is 5.75 Å². The highest BCUT2D eigenvalue weighted by molar-refractivity contribution is 6.33. The van der Waals surface area contributed by atoms with E-state index in [1.165, 1.54) is 55.6 Å². The number of methoxy groups -OCH3 is 1. The summed E-state index contributed by atoms with van der Waals surface area (Å²) in [6, 6.07) is 15.1. The number of imide groups is 1. The van der Waals surface area contributed by atoms with Crippen molar-refractivity contribution in [2.45, 2.75) is 0 Å². The minimum Gasteiger partial charge on any atom is -0.497 e. The molecule has 2 amide bonds. The van der Waals surface area contributed by atoms with Crippen LogP contribution < -0.4 is 10.1 Å². The smallest absolute Gasteiger partial charge is 0.339 e. The van der Waals surface area contributed by atoms with Crippen molar-refractivity contribution in [1.82, 2.24) is 5.32 Å². The van der Waals surface area contributed by atoms with Crippen molar-refractivity contribution in [2.24, 2.45) is 0 Å². The van der Waals surface area contributed by atoms with Crippen LogP contribution in [-0.4, -0.2) is 42.2 Å². The molecule has 0 heterocycles. The van der Waals surface area contributed by atoms with E-state index in [0.717, 1.165) is 6.07 Å². The summed E-state index contributed by atoms with van der Waals surface area (Å²) in [6.45, 7) is -0.782. The van der Waals surface area contributed by atoms with E-state index in [-0.39, 0.29) is 27.3 Å². The molecule has 0 spiro atoms. The molecule has 3 rings (SSSR count). The second-order valence-corrected chi connectivity index (χ2v) is 7.39. The number of amides is 2. The van der Waals surface area contributed by atoms with E-state index in [1.807, 2.05) is 0 Å². The second kappa shape index (κ2) is 11.0. The van der Waals surface area contributed by atoms with Crippen molar-refractivity contribution in [1.29, 1.82) is 0 Å². The SMILES string of the molecule is COc1ccc(C(=O)NC(=O)COC(=O)c2ccccc2C(=O)c2ccc(Cl)c([N+](=O)[O-])c2)cc1. The Hall–Kier alpha value is -4.57. The minimum atomic E-state index is -0.996. The van der Waals surface area contributed by atoms with Crippen LogP contribution in [0.2, 0.25) is 5.02 Å². The van der Waals surface area contributed by atoms with Gasteiger partial charge in [-0.15, -0.1) is 0 Å². The van der Waals surface area contributed by atoms with Crippen LogP contribution in [0.1, 0.15) is 36.6 Å². The lowest BCUT2D eigenvalue weighted by molar-refractivity contribution is -0.384. The number of hydrogen-bond donors (Lipinski definition) is 1. The Labute approximate surface area is 203 Å². The molecular formula is C24H17ClN2O8. The third-order valence-corrected chi connectivity index (χ3v) is 5.06. The predicted molar refractivity (Wildman–Crippen MR) is 124 cm³/mol. The molecule has 0 saturated carbocycles. The molecule has 0 aliphatic heterocycles. The van der Waals surface area contributed by atoms with Crippen LogP contribution in [0, 0.1) is 10.1 Å². The summed E-state index contributed by atoms with van der Waals surface area (Å²) in [5.74, 6) is -2.73. The molecule has 35 heavy (non-hydrogen) atoms. The summed E-state index contributed by atoms with van der Waals surface area (Å²) >= 11 is 5.79. The Morgan fingerprint density at radius 2 is 1.57 bits per heavy atom. The largest absolute Gasteiger partial charge is 0.497 e. The van der Waals surface area contributed by atoms with Crippen molar-refractivity contribution < 1.29 is 33.6 Å². The van der Waals surface area contributed by atoms with E-state index in [1.54, 1.807) is 12.1 Å². The third-order valence-electron chi connectivity index (χ3n) is 4.74. The average molecular weight is 497 g/mol. The number of ketones is 1. The van der Waals surface area contributed by atoms with Crippen molar-refractivity contribution >= 4 is 40.9 Å². The van der Waals surface area contributed by atoms with E-state index in [4.69, 9.17) is 21.1 Å². The molecule has 0 radical (unpaired) electrons. The van der Waals surface area contributed by atoms with Gasteiger partial charge in [-0.1, -0.05) is 29.8 Å². The number of ether oxygens (including phenoxy) is 2. The number of nitro groups is 1. The first-order chi connectivity index (χ1) is 16.7. The molecule has 11 heteroatoms. The number of rotatable bonds is 8. The van der Waals surface area contributed by atoms with Gasteiger partial charge in [-0.2, -0.15) is 0 Å². The number of carbonyl (C=O) groups is 4. The van der Waals surface area contributed by atoms with Crippen LogP contribution in [-0.2, 0) is 9.53 Å². The Morgan fingerprint density at radius 1 is 0.943 bits per heavy atom. The van der Waals surface area contributed by atoms with E-state index < -0.39 is 40.8 Å². The number of carbonyl (C=O) groups excluding carboxylic acids is 4. The molecule has 0 aliphatic rings. The van der Waals surface area contributed by atoms with Gasteiger partial charge in [0, 0.05) is 22.8 Å². The van der Waals surface area contributed by atoms with Crippen molar-refractivity contribution in [3.63, 3.8) is 0 Å². The maximum atomic E-state index is 12.9. The average Bonchev–Trinajstić information content (AvgIpc) is 2.87. The summed E-state index contributed by atoms with van der Waals surface area (Å²) < 4.78 is 9.96. The molecule has 0 aliphatic carbocycles. The summed E-state index contributed by atoms with van der Waals surface area (Å²) in [6.07, 6.45) is 0. The molecule has 0 saturated heterocycles. The number of nitro benzene ring substituents is 1. The molecular weight excluding hydrogens is 480 g/mol. The second-order valence-electron chi connectivity index (χ2n) is 6.98. The molecule has 178 valence electrons. The van der Waals surface area contributed by atoms with Gasteiger partial charge in [0.1, 0.15) is 10.8 Å². The van der Waals surface area contributed by atoms with Gasteiger partial charge in [0.25, 0.3) is 17.5 Å². The lowest BCUT2D eigenvalue weighted by atomic mass is 9.98. The summed E-state index contributed by atoms with van der Waals surface area (Å²) in [5, 5.41) is 13.1. The van der Waals surface area contributed by atoms with E-state index in [2.05, 4.69) is 5.32 Å².